The van der Waals surface area contributed by atoms with E-state index in [2.05, 4.69) is 15.3 Å². The number of aliphatic hydroxyl groups is 3. The van der Waals surface area contributed by atoms with Crippen LogP contribution in [0.1, 0.15) is 0 Å². The van der Waals surface area contributed by atoms with Gasteiger partial charge in [0.25, 0.3) is 0 Å². The van der Waals surface area contributed by atoms with Gasteiger partial charge in [-0.25, -0.2) is 4.98 Å². The van der Waals surface area contributed by atoms with E-state index in [1.807, 2.05) is 0 Å². The summed E-state index contributed by atoms with van der Waals surface area (Å²) in [5.41, 5.74) is 0. The number of anilines is 1. The standard InChI is InChI=1S/C8H13N3O4.H3P/c12-3-4-5(13)6(14)7(15-4)11-8-9-1-2-10-8;/h1-2,4-7,12-14H,3H2,(H2,9,10,11);1H3/t4-,5-,6-,7?;/m1./s1. The van der Waals surface area contributed by atoms with Gasteiger partial charge in [0.15, 0.2) is 6.23 Å². The lowest BCUT2D eigenvalue weighted by Crippen LogP contribution is -2.36. The highest BCUT2D eigenvalue weighted by atomic mass is 31.0. The zero-order valence-electron chi connectivity index (χ0n) is 8.58. The number of aliphatic hydroxyl groups excluding tert-OH is 3. The molecule has 5 N–H and O–H groups in total. The third-order valence-corrected chi connectivity index (χ3v) is 2.32. The molecule has 0 bridgehead atoms. The van der Waals surface area contributed by atoms with Crippen molar-refractivity contribution in [1.29, 1.82) is 0 Å². The number of nitrogens with one attached hydrogen (secondary N) is 2. The SMILES string of the molecule is OC[C@H]1OC(Nc2ncc[nH]2)[C@H](O)[C@@H]1O.P. The van der Waals surface area contributed by atoms with Gasteiger partial charge >= 0.3 is 0 Å². The highest BCUT2D eigenvalue weighted by molar-refractivity contribution is 6.92. The molecule has 0 spiro atoms. The Morgan fingerprint density at radius 3 is 2.69 bits per heavy atom. The molecule has 1 saturated heterocycles. The molecule has 7 nitrogen and oxygen atoms in total. The van der Waals surface area contributed by atoms with Gasteiger partial charge in [-0.1, -0.05) is 0 Å². The average Bonchev–Trinajstić information content (AvgIpc) is 2.82. The number of ether oxygens (including phenoxy) is 1. The van der Waals surface area contributed by atoms with Crippen molar-refractivity contribution < 1.29 is 20.1 Å². The summed E-state index contributed by atoms with van der Waals surface area (Å²) in [6.07, 6.45) is -0.571. The molecule has 92 valence electrons. The smallest absolute Gasteiger partial charge is 0.202 e. The summed E-state index contributed by atoms with van der Waals surface area (Å²) in [6, 6.07) is 0. The van der Waals surface area contributed by atoms with E-state index >= 15 is 0 Å². The largest absolute Gasteiger partial charge is 0.394 e. The van der Waals surface area contributed by atoms with E-state index < -0.39 is 24.5 Å². The van der Waals surface area contributed by atoms with E-state index in [1.165, 1.54) is 0 Å². The maximum atomic E-state index is 9.57. The molecule has 1 aromatic rings. The number of rotatable bonds is 3. The average molecular weight is 249 g/mol. The second-order valence-electron chi connectivity index (χ2n) is 3.34. The first kappa shape index (κ1) is 13.3. The Morgan fingerprint density at radius 1 is 1.44 bits per heavy atom. The van der Waals surface area contributed by atoms with Crippen LogP contribution in [0.25, 0.3) is 0 Å². The van der Waals surface area contributed by atoms with Crippen LogP contribution in [-0.2, 0) is 4.74 Å². The quantitative estimate of drug-likeness (QED) is 0.409. The Hall–Kier alpha value is -0.720. The first-order valence-electron chi connectivity index (χ1n) is 4.60. The van der Waals surface area contributed by atoms with Crippen molar-refractivity contribution in [2.45, 2.75) is 24.5 Å². The van der Waals surface area contributed by atoms with Gasteiger partial charge in [0.2, 0.25) is 5.95 Å². The van der Waals surface area contributed by atoms with Gasteiger partial charge in [-0.05, 0) is 0 Å². The number of nitrogens with zero attached hydrogens (tertiary/aromatic N) is 1. The van der Waals surface area contributed by atoms with E-state index in [0.717, 1.165) is 0 Å². The van der Waals surface area contributed by atoms with Crippen molar-refractivity contribution in [1.82, 2.24) is 9.97 Å². The molecule has 1 aliphatic rings. The van der Waals surface area contributed by atoms with Crippen LogP contribution >= 0.6 is 9.90 Å². The lowest BCUT2D eigenvalue weighted by Gasteiger charge is -2.15. The number of H-pyrrole nitrogens is 1. The van der Waals surface area contributed by atoms with E-state index in [0.29, 0.717) is 5.95 Å². The Bertz CT molecular complexity index is 310. The molecule has 0 saturated carbocycles. The zero-order valence-corrected chi connectivity index (χ0v) is 9.99. The molecule has 5 atom stereocenters. The second kappa shape index (κ2) is 5.56. The summed E-state index contributed by atoms with van der Waals surface area (Å²) in [4.78, 5) is 6.66. The van der Waals surface area contributed by atoms with Crippen molar-refractivity contribution in [3.63, 3.8) is 0 Å². The Labute approximate surface area is 95.5 Å². The summed E-state index contributed by atoms with van der Waals surface area (Å²) in [6.45, 7) is -0.339. The van der Waals surface area contributed by atoms with Gasteiger partial charge in [-0.2, -0.15) is 9.90 Å². The normalized spacial score (nSPS) is 33.4. The highest BCUT2D eigenvalue weighted by Gasteiger charge is 2.42. The lowest BCUT2D eigenvalue weighted by molar-refractivity contribution is -0.0154. The van der Waals surface area contributed by atoms with Gasteiger partial charge in [0, 0.05) is 12.4 Å². The fraction of sp³-hybridized carbons (Fsp3) is 0.625. The zero-order chi connectivity index (χ0) is 10.8. The Morgan fingerprint density at radius 2 is 2.19 bits per heavy atom. The summed E-state index contributed by atoms with van der Waals surface area (Å²) in [7, 11) is 0. The topological polar surface area (TPSA) is 111 Å². The van der Waals surface area contributed by atoms with Crippen molar-refractivity contribution in [2.24, 2.45) is 0 Å². The highest BCUT2D eigenvalue weighted by Crippen LogP contribution is 2.21. The molecule has 8 heteroatoms. The van der Waals surface area contributed by atoms with Crippen LogP contribution < -0.4 is 5.32 Å². The molecule has 16 heavy (non-hydrogen) atoms. The van der Waals surface area contributed by atoms with Crippen LogP contribution in [0.3, 0.4) is 0 Å². The summed E-state index contributed by atoms with van der Waals surface area (Å²) < 4.78 is 5.19. The molecule has 0 amide bonds. The fourth-order valence-corrected chi connectivity index (χ4v) is 1.50. The maximum absolute atomic E-state index is 9.57. The molecule has 2 unspecified atom stereocenters. The predicted octanol–water partition coefficient (Wildman–Crippen LogP) is -1.68. The van der Waals surface area contributed by atoms with E-state index in [1.54, 1.807) is 12.4 Å². The number of hydrogen-bond acceptors (Lipinski definition) is 6. The van der Waals surface area contributed by atoms with Gasteiger partial charge in [0.05, 0.1) is 6.61 Å². The van der Waals surface area contributed by atoms with Crippen LogP contribution in [0.4, 0.5) is 5.95 Å². The lowest BCUT2D eigenvalue weighted by atomic mass is 10.1. The molecular weight excluding hydrogens is 233 g/mol. The van der Waals surface area contributed by atoms with Crippen LogP contribution in [0.5, 0.6) is 0 Å². The molecular formula is C8H16N3O4P. The van der Waals surface area contributed by atoms with E-state index in [4.69, 9.17) is 9.84 Å². The molecule has 1 fully saturated rings. The van der Waals surface area contributed by atoms with Crippen LogP contribution in [-0.4, -0.2) is 56.4 Å². The number of aromatic amines is 1. The minimum absolute atomic E-state index is 0. The minimum atomic E-state index is -1.09. The molecule has 1 aliphatic heterocycles. The van der Waals surface area contributed by atoms with Crippen LogP contribution in [0.15, 0.2) is 12.4 Å². The molecule has 2 heterocycles. The third kappa shape index (κ3) is 2.50. The minimum Gasteiger partial charge on any atom is -0.394 e. The maximum Gasteiger partial charge on any atom is 0.202 e. The first-order valence-corrected chi connectivity index (χ1v) is 4.60. The monoisotopic (exact) mass is 249 g/mol. The van der Waals surface area contributed by atoms with Gasteiger partial charge in [0.1, 0.15) is 18.3 Å². The van der Waals surface area contributed by atoms with E-state index in [-0.39, 0.29) is 16.5 Å². The Kier molecular flexibility index (Phi) is 4.64. The fourth-order valence-electron chi connectivity index (χ4n) is 1.50. The van der Waals surface area contributed by atoms with Crippen molar-refractivity contribution in [2.75, 3.05) is 11.9 Å². The molecule has 0 aliphatic carbocycles. The first-order chi connectivity index (χ1) is 7.22. The second-order valence-corrected chi connectivity index (χ2v) is 3.34. The van der Waals surface area contributed by atoms with Gasteiger partial charge in [-0.15, -0.1) is 0 Å². The summed E-state index contributed by atoms with van der Waals surface area (Å²) in [5.74, 6) is 0.435. The third-order valence-electron chi connectivity index (χ3n) is 2.32. The van der Waals surface area contributed by atoms with Gasteiger partial charge < -0.3 is 30.4 Å². The Balaban J connectivity index is 0.00000128. The number of hydrogen-bond donors (Lipinski definition) is 5. The predicted molar refractivity (Wildman–Crippen MR) is 61.1 cm³/mol. The molecule has 0 aromatic carbocycles. The van der Waals surface area contributed by atoms with Crippen LogP contribution in [0.2, 0.25) is 0 Å². The van der Waals surface area contributed by atoms with Crippen molar-refractivity contribution in [3.05, 3.63) is 12.4 Å². The molecule has 0 radical (unpaired) electrons. The van der Waals surface area contributed by atoms with Gasteiger partial charge in [-0.3, -0.25) is 0 Å². The van der Waals surface area contributed by atoms with E-state index in [9.17, 15) is 10.2 Å². The number of aromatic nitrogens is 2. The molecule has 2 rings (SSSR count). The van der Waals surface area contributed by atoms with Crippen LogP contribution in [0, 0.1) is 0 Å². The molecule has 1 aromatic heterocycles. The summed E-state index contributed by atoms with van der Waals surface area (Å²) in [5, 5.41) is 30.6. The van der Waals surface area contributed by atoms with Crippen molar-refractivity contribution >= 4 is 15.8 Å². The van der Waals surface area contributed by atoms with Crippen molar-refractivity contribution in [3.8, 4) is 0 Å². The number of imidazole rings is 1. The summed E-state index contributed by atoms with van der Waals surface area (Å²) >= 11 is 0.